The van der Waals surface area contributed by atoms with E-state index in [1.54, 1.807) is 0 Å². The van der Waals surface area contributed by atoms with Gasteiger partial charge in [0.05, 0.1) is 0 Å². The van der Waals surface area contributed by atoms with Crippen molar-refractivity contribution in [2.45, 2.75) is 77.9 Å². The Hall–Kier alpha value is -2.95. The summed E-state index contributed by atoms with van der Waals surface area (Å²) in [6.45, 7) is 14.7. The van der Waals surface area contributed by atoms with E-state index in [4.69, 9.17) is 10.5 Å². The molecule has 0 unspecified atom stereocenters. The highest BCUT2D eigenvalue weighted by molar-refractivity contribution is 5.87. The average Bonchev–Trinajstić information content (AvgIpc) is 3.09. The molecule has 0 saturated carbocycles. The summed E-state index contributed by atoms with van der Waals surface area (Å²) in [7, 11) is 0. The van der Waals surface area contributed by atoms with Gasteiger partial charge in [-0.05, 0) is 79.8 Å². The highest BCUT2D eigenvalue weighted by Crippen LogP contribution is 2.36. The number of likely N-dealkylation sites (tertiary alicyclic amines) is 1. The topological polar surface area (TPSA) is 60.5 Å². The quantitative estimate of drug-likeness (QED) is 0.442. The van der Waals surface area contributed by atoms with Crippen LogP contribution in [0.25, 0.3) is 10.9 Å². The third-order valence-corrected chi connectivity index (χ3v) is 6.70. The summed E-state index contributed by atoms with van der Waals surface area (Å²) in [6, 6.07) is 15.2. The van der Waals surface area contributed by atoms with Crippen LogP contribution in [0.15, 0.2) is 48.7 Å². The zero-order valence-electron chi connectivity index (χ0n) is 21.5. The van der Waals surface area contributed by atoms with Gasteiger partial charge < -0.3 is 19.9 Å². The van der Waals surface area contributed by atoms with Gasteiger partial charge in [0, 0.05) is 42.4 Å². The van der Waals surface area contributed by atoms with Crippen molar-refractivity contribution in [3.8, 4) is 0 Å². The maximum atomic E-state index is 12.5. The molecule has 4 rings (SSSR count). The van der Waals surface area contributed by atoms with Crippen LogP contribution in [0.1, 0.15) is 77.0 Å². The number of nitrogens with two attached hydrogens (primary N) is 1. The van der Waals surface area contributed by atoms with Crippen LogP contribution in [0.3, 0.4) is 0 Å². The Bertz CT molecular complexity index is 1160. The number of ether oxygens (including phenoxy) is 1. The minimum absolute atomic E-state index is 0.150. The molecule has 1 amide bonds. The van der Waals surface area contributed by atoms with E-state index in [-0.39, 0.29) is 11.5 Å². The molecule has 0 spiro atoms. The Morgan fingerprint density at radius 2 is 1.65 bits per heavy atom. The summed E-state index contributed by atoms with van der Waals surface area (Å²) in [4.78, 5) is 14.3. The lowest BCUT2D eigenvalue weighted by Crippen LogP contribution is -2.41. The van der Waals surface area contributed by atoms with Crippen LogP contribution in [0.5, 0.6) is 0 Å². The van der Waals surface area contributed by atoms with E-state index in [1.165, 1.54) is 27.6 Å². The molecule has 2 aromatic carbocycles. The predicted octanol–water partition coefficient (Wildman–Crippen LogP) is 6.68. The molecule has 2 heterocycles. The summed E-state index contributed by atoms with van der Waals surface area (Å²) < 4.78 is 7.91. The van der Waals surface area contributed by atoms with Crippen LogP contribution < -0.4 is 5.73 Å². The van der Waals surface area contributed by atoms with Gasteiger partial charge in [0.15, 0.2) is 0 Å². The molecule has 1 saturated heterocycles. The number of carbonyl (C=O) groups is 1. The van der Waals surface area contributed by atoms with Gasteiger partial charge in [0.25, 0.3) is 0 Å². The number of amides is 1. The Balaban J connectivity index is 1.55. The molecule has 0 atom stereocenters. The Morgan fingerprint density at radius 1 is 1.00 bits per heavy atom. The number of hydrogen-bond acceptors (Lipinski definition) is 3. The standard InChI is InChI=1S/C29H39N3O2/c1-28(2,3)22-9-7-20(8-10-22)18-32-19-25(24-17-23(30)11-12-26(24)32)21-13-15-31(16-14-21)27(33)34-29(4,5)6/h7-12,17,19,21H,13-16,18,30H2,1-6H3. The molecular formula is C29H39N3O2. The van der Waals surface area contributed by atoms with Crippen molar-refractivity contribution in [2.75, 3.05) is 18.8 Å². The van der Waals surface area contributed by atoms with E-state index in [2.05, 4.69) is 67.9 Å². The van der Waals surface area contributed by atoms with Crippen molar-refractivity contribution >= 4 is 22.7 Å². The molecule has 0 aliphatic carbocycles. The predicted molar refractivity (Wildman–Crippen MR) is 140 cm³/mol. The maximum absolute atomic E-state index is 12.5. The largest absolute Gasteiger partial charge is 0.444 e. The lowest BCUT2D eigenvalue weighted by atomic mass is 9.87. The summed E-state index contributed by atoms with van der Waals surface area (Å²) >= 11 is 0. The smallest absolute Gasteiger partial charge is 0.410 e. The van der Waals surface area contributed by atoms with E-state index in [1.807, 2.05) is 31.7 Å². The number of anilines is 1. The van der Waals surface area contributed by atoms with Gasteiger partial charge in [-0.2, -0.15) is 0 Å². The monoisotopic (exact) mass is 461 g/mol. The fourth-order valence-corrected chi connectivity index (χ4v) is 4.80. The molecule has 1 aliphatic rings. The second-order valence-electron chi connectivity index (χ2n) is 11.7. The molecule has 3 aromatic rings. The first-order valence-corrected chi connectivity index (χ1v) is 12.4. The van der Waals surface area contributed by atoms with E-state index in [9.17, 15) is 4.79 Å². The molecule has 182 valence electrons. The van der Waals surface area contributed by atoms with Gasteiger partial charge in [-0.3, -0.25) is 0 Å². The average molecular weight is 462 g/mol. The highest BCUT2D eigenvalue weighted by Gasteiger charge is 2.29. The maximum Gasteiger partial charge on any atom is 0.410 e. The zero-order chi connectivity index (χ0) is 24.7. The summed E-state index contributed by atoms with van der Waals surface area (Å²) in [5, 5.41) is 1.22. The van der Waals surface area contributed by atoms with Crippen LogP contribution >= 0.6 is 0 Å². The van der Waals surface area contributed by atoms with Crippen molar-refractivity contribution < 1.29 is 9.53 Å². The normalized spacial score (nSPS) is 15.6. The van der Waals surface area contributed by atoms with Crippen LogP contribution in [0.2, 0.25) is 0 Å². The van der Waals surface area contributed by atoms with Gasteiger partial charge in [-0.1, -0.05) is 45.0 Å². The molecule has 34 heavy (non-hydrogen) atoms. The number of rotatable bonds is 3. The van der Waals surface area contributed by atoms with Gasteiger partial charge in [-0.25, -0.2) is 4.79 Å². The molecule has 5 nitrogen and oxygen atoms in total. The molecular weight excluding hydrogens is 422 g/mol. The first-order chi connectivity index (χ1) is 15.9. The number of piperidine rings is 1. The van der Waals surface area contributed by atoms with Gasteiger partial charge >= 0.3 is 6.09 Å². The zero-order valence-corrected chi connectivity index (χ0v) is 21.5. The minimum atomic E-state index is -0.468. The number of fused-ring (bicyclic) bond motifs is 1. The van der Waals surface area contributed by atoms with Gasteiger partial charge in [0.1, 0.15) is 5.60 Å². The minimum Gasteiger partial charge on any atom is -0.444 e. The van der Waals surface area contributed by atoms with Crippen LogP contribution in [0.4, 0.5) is 10.5 Å². The first-order valence-electron chi connectivity index (χ1n) is 12.4. The van der Waals surface area contributed by atoms with Crippen LogP contribution in [-0.4, -0.2) is 34.3 Å². The van der Waals surface area contributed by atoms with E-state index in [0.717, 1.165) is 25.1 Å². The molecule has 1 aliphatic heterocycles. The van der Waals surface area contributed by atoms with Gasteiger partial charge in [0.2, 0.25) is 0 Å². The fraction of sp³-hybridized carbons (Fsp3) is 0.483. The van der Waals surface area contributed by atoms with E-state index < -0.39 is 5.60 Å². The number of nitrogen functional groups attached to an aromatic ring is 1. The second kappa shape index (κ2) is 9.01. The van der Waals surface area contributed by atoms with Crippen molar-refractivity contribution in [1.82, 2.24) is 9.47 Å². The Kier molecular flexibility index (Phi) is 6.41. The first kappa shape index (κ1) is 24.2. The SMILES string of the molecule is CC(C)(C)OC(=O)N1CCC(c2cn(Cc3ccc(C(C)(C)C)cc3)c3ccc(N)cc23)CC1. The van der Waals surface area contributed by atoms with E-state index in [0.29, 0.717) is 19.0 Å². The summed E-state index contributed by atoms with van der Waals surface area (Å²) in [5.41, 5.74) is 11.8. The Labute approximate surface area is 203 Å². The number of benzene rings is 2. The number of carbonyl (C=O) groups excluding carboxylic acids is 1. The number of aromatic nitrogens is 1. The molecule has 0 radical (unpaired) electrons. The molecule has 2 N–H and O–H groups in total. The molecule has 0 bridgehead atoms. The molecule has 1 aromatic heterocycles. The van der Waals surface area contributed by atoms with Crippen molar-refractivity contribution in [1.29, 1.82) is 0 Å². The van der Waals surface area contributed by atoms with Crippen LogP contribution in [0, 0.1) is 0 Å². The van der Waals surface area contributed by atoms with Gasteiger partial charge in [-0.15, -0.1) is 0 Å². The lowest BCUT2D eigenvalue weighted by Gasteiger charge is -2.33. The lowest BCUT2D eigenvalue weighted by molar-refractivity contribution is 0.0205. The summed E-state index contributed by atoms with van der Waals surface area (Å²) in [6.07, 6.45) is 3.94. The highest BCUT2D eigenvalue weighted by atomic mass is 16.6. The van der Waals surface area contributed by atoms with Crippen molar-refractivity contribution in [3.63, 3.8) is 0 Å². The second-order valence-corrected chi connectivity index (χ2v) is 11.7. The van der Waals surface area contributed by atoms with Crippen molar-refractivity contribution in [3.05, 3.63) is 65.4 Å². The number of nitrogens with zero attached hydrogens (tertiary/aromatic N) is 2. The summed E-state index contributed by atoms with van der Waals surface area (Å²) in [5.74, 6) is 0.396. The fourth-order valence-electron chi connectivity index (χ4n) is 4.80. The van der Waals surface area contributed by atoms with Crippen LogP contribution in [-0.2, 0) is 16.7 Å². The third kappa shape index (κ3) is 5.40. The Morgan fingerprint density at radius 3 is 2.24 bits per heavy atom. The molecule has 1 fully saturated rings. The third-order valence-electron chi connectivity index (χ3n) is 6.70. The number of hydrogen-bond donors (Lipinski definition) is 1. The van der Waals surface area contributed by atoms with E-state index >= 15 is 0 Å². The van der Waals surface area contributed by atoms with Crippen molar-refractivity contribution in [2.24, 2.45) is 0 Å². The molecule has 5 heteroatoms.